The predicted octanol–water partition coefficient (Wildman–Crippen LogP) is 5.50. The number of aryl methyl sites for hydroxylation is 1. The molecule has 0 saturated heterocycles. The first-order valence-corrected chi connectivity index (χ1v) is 12.0. The molecule has 0 spiro atoms. The minimum absolute atomic E-state index is 0.0356. The first-order valence-electron chi connectivity index (χ1n) is 12.0. The van der Waals surface area contributed by atoms with Crippen molar-refractivity contribution in [3.05, 3.63) is 90.3 Å². The van der Waals surface area contributed by atoms with Gasteiger partial charge in [-0.05, 0) is 53.8 Å². The summed E-state index contributed by atoms with van der Waals surface area (Å²) in [6.45, 7) is 8.25. The van der Waals surface area contributed by atoms with Crippen molar-refractivity contribution >= 4 is 16.9 Å². The number of carbonyl (C=O) groups is 1. The quantitative estimate of drug-likeness (QED) is 0.310. The van der Waals surface area contributed by atoms with Crippen molar-refractivity contribution < 1.29 is 14.3 Å². The van der Waals surface area contributed by atoms with Crippen molar-refractivity contribution in [3.8, 4) is 11.5 Å². The Morgan fingerprint density at radius 1 is 0.886 bits per heavy atom. The fraction of sp³-hybridized carbons (Fsp3) is 0.310. The van der Waals surface area contributed by atoms with Crippen LogP contribution in [-0.4, -0.2) is 28.7 Å². The highest BCUT2D eigenvalue weighted by Crippen LogP contribution is 2.24. The average molecular weight is 472 g/mol. The topological polar surface area (TPSA) is 65.4 Å². The number of rotatable bonds is 10. The molecule has 0 bridgehead atoms. The van der Waals surface area contributed by atoms with E-state index in [0.29, 0.717) is 18.9 Å². The molecule has 1 N–H and O–H groups in total. The summed E-state index contributed by atoms with van der Waals surface area (Å²) in [5.74, 6) is 2.17. The molecular weight excluding hydrogens is 438 g/mol. The van der Waals surface area contributed by atoms with Crippen LogP contribution in [-0.2, 0) is 23.3 Å². The van der Waals surface area contributed by atoms with Crippen LogP contribution in [0.4, 0.5) is 0 Å². The summed E-state index contributed by atoms with van der Waals surface area (Å²) in [6, 6.07) is 25.7. The molecule has 1 amide bonds. The summed E-state index contributed by atoms with van der Waals surface area (Å²) in [6.07, 6.45) is 0.819. The van der Waals surface area contributed by atoms with Crippen LogP contribution in [0.3, 0.4) is 0 Å². The Balaban J connectivity index is 1.32. The average Bonchev–Trinajstić information content (AvgIpc) is 3.22. The number of aromatic nitrogens is 2. The molecule has 0 fully saturated rings. The number of hydrogen-bond donors (Lipinski definition) is 1. The van der Waals surface area contributed by atoms with Gasteiger partial charge in [0.05, 0.1) is 24.2 Å². The maximum absolute atomic E-state index is 12.3. The molecule has 1 heterocycles. The fourth-order valence-corrected chi connectivity index (χ4v) is 3.87. The van der Waals surface area contributed by atoms with Crippen molar-refractivity contribution in [2.24, 2.45) is 0 Å². The van der Waals surface area contributed by atoms with Gasteiger partial charge in [-0.3, -0.25) is 4.79 Å². The molecular formula is C29H33N3O3. The number of benzene rings is 3. The molecule has 6 heteroatoms. The molecule has 3 aromatic carbocycles. The lowest BCUT2D eigenvalue weighted by Gasteiger charge is -2.19. The zero-order chi connectivity index (χ0) is 24.7. The van der Waals surface area contributed by atoms with Crippen LogP contribution in [0.1, 0.15) is 38.6 Å². The molecule has 0 radical (unpaired) electrons. The number of carbonyl (C=O) groups excluding carboxylic acids is 1. The molecule has 0 unspecified atom stereocenters. The molecule has 4 aromatic rings. The minimum atomic E-state index is -0.186. The Morgan fingerprint density at radius 3 is 2.31 bits per heavy atom. The van der Waals surface area contributed by atoms with Crippen LogP contribution in [0.5, 0.6) is 11.5 Å². The Labute approximate surface area is 206 Å². The molecule has 4 rings (SSSR count). The van der Waals surface area contributed by atoms with Gasteiger partial charge in [0.15, 0.2) is 6.61 Å². The van der Waals surface area contributed by atoms with Crippen LogP contribution < -0.4 is 14.8 Å². The molecule has 6 nitrogen and oxygen atoms in total. The highest BCUT2D eigenvalue weighted by atomic mass is 16.5. The van der Waals surface area contributed by atoms with Crippen LogP contribution in [0.2, 0.25) is 0 Å². The summed E-state index contributed by atoms with van der Waals surface area (Å²) >= 11 is 0. The number of amides is 1. The SMILES string of the molecule is CC(C)(C)c1ccc(OCCCn2c(CNC(=O)COc3ccccc3)nc3ccccc32)cc1. The molecule has 0 aliphatic heterocycles. The zero-order valence-electron chi connectivity index (χ0n) is 20.7. The van der Waals surface area contributed by atoms with Crippen LogP contribution in [0.15, 0.2) is 78.9 Å². The van der Waals surface area contributed by atoms with E-state index in [1.54, 1.807) is 0 Å². The summed E-state index contributed by atoms with van der Waals surface area (Å²) in [7, 11) is 0. The van der Waals surface area contributed by atoms with Crippen LogP contribution in [0.25, 0.3) is 11.0 Å². The van der Waals surface area contributed by atoms with E-state index < -0.39 is 0 Å². The first kappa shape index (κ1) is 24.3. The van der Waals surface area contributed by atoms with Gasteiger partial charge < -0.3 is 19.4 Å². The van der Waals surface area contributed by atoms with Gasteiger partial charge in [-0.15, -0.1) is 0 Å². The third-order valence-corrected chi connectivity index (χ3v) is 5.81. The van der Waals surface area contributed by atoms with E-state index in [1.807, 2.05) is 60.7 Å². The van der Waals surface area contributed by atoms with E-state index in [2.05, 4.69) is 48.9 Å². The van der Waals surface area contributed by atoms with Crippen LogP contribution >= 0.6 is 0 Å². The lowest BCUT2D eigenvalue weighted by Crippen LogP contribution is -2.29. The number of ether oxygens (including phenoxy) is 2. The van der Waals surface area contributed by atoms with Gasteiger partial charge >= 0.3 is 0 Å². The summed E-state index contributed by atoms with van der Waals surface area (Å²) in [5.41, 5.74) is 3.37. The number of nitrogens with zero attached hydrogens (tertiary/aromatic N) is 2. The van der Waals surface area contributed by atoms with Crippen molar-refractivity contribution in [2.45, 2.75) is 45.7 Å². The normalized spacial score (nSPS) is 11.4. The second kappa shape index (κ2) is 11.1. The lowest BCUT2D eigenvalue weighted by atomic mass is 9.87. The third-order valence-electron chi connectivity index (χ3n) is 5.81. The van der Waals surface area contributed by atoms with Gasteiger partial charge in [-0.2, -0.15) is 0 Å². The maximum Gasteiger partial charge on any atom is 0.258 e. The van der Waals surface area contributed by atoms with E-state index in [-0.39, 0.29) is 17.9 Å². The highest BCUT2D eigenvalue weighted by Gasteiger charge is 2.14. The van der Waals surface area contributed by atoms with Crippen molar-refractivity contribution in [1.29, 1.82) is 0 Å². The van der Waals surface area contributed by atoms with Gasteiger partial charge in [0.1, 0.15) is 17.3 Å². The standard InChI is InChI=1S/C29H33N3O3/c1-29(2,3)22-14-16-24(17-15-22)34-19-9-18-32-26-13-8-7-12-25(26)31-27(32)20-30-28(33)21-35-23-10-5-4-6-11-23/h4-8,10-17H,9,18-21H2,1-3H3,(H,30,33). The minimum Gasteiger partial charge on any atom is -0.494 e. The zero-order valence-corrected chi connectivity index (χ0v) is 20.7. The molecule has 0 aliphatic carbocycles. The number of fused-ring (bicyclic) bond motifs is 1. The van der Waals surface area contributed by atoms with Crippen LogP contribution in [0, 0.1) is 0 Å². The molecule has 0 atom stereocenters. The van der Waals surface area contributed by atoms with Crippen molar-refractivity contribution in [1.82, 2.24) is 14.9 Å². The monoisotopic (exact) mass is 471 g/mol. The molecule has 1 aromatic heterocycles. The van der Waals surface area contributed by atoms with Crippen molar-refractivity contribution in [3.63, 3.8) is 0 Å². The van der Waals surface area contributed by atoms with Gasteiger partial charge in [-0.25, -0.2) is 4.98 Å². The van der Waals surface area contributed by atoms with E-state index >= 15 is 0 Å². The maximum atomic E-state index is 12.3. The number of nitrogens with one attached hydrogen (secondary N) is 1. The lowest BCUT2D eigenvalue weighted by molar-refractivity contribution is -0.123. The molecule has 35 heavy (non-hydrogen) atoms. The number of hydrogen-bond acceptors (Lipinski definition) is 4. The Hall–Kier alpha value is -3.80. The largest absolute Gasteiger partial charge is 0.494 e. The third kappa shape index (κ3) is 6.63. The van der Waals surface area contributed by atoms with Gasteiger partial charge in [0.25, 0.3) is 5.91 Å². The Morgan fingerprint density at radius 2 is 1.57 bits per heavy atom. The van der Waals surface area contributed by atoms with E-state index in [1.165, 1.54) is 5.56 Å². The summed E-state index contributed by atoms with van der Waals surface area (Å²) < 4.78 is 13.7. The Bertz CT molecular complexity index is 1240. The highest BCUT2D eigenvalue weighted by molar-refractivity contribution is 5.78. The van der Waals surface area contributed by atoms with Crippen molar-refractivity contribution in [2.75, 3.05) is 13.2 Å². The number of para-hydroxylation sites is 3. The number of imidazole rings is 1. The predicted molar refractivity (Wildman–Crippen MR) is 139 cm³/mol. The Kier molecular flexibility index (Phi) is 7.70. The van der Waals surface area contributed by atoms with E-state index in [0.717, 1.165) is 35.6 Å². The molecule has 0 aliphatic rings. The summed E-state index contributed by atoms with van der Waals surface area (Å²) in [4.78, 5) is 17.1. The molecule has 0 saturated carbocycles. The van der Waals surface area contributed by atoms with Gasteiger partial charge in [0, 0.05) is 6.54 Å². The molecule has 182 valence electrons. The first-order chi connectivity index (χ1) is 16.9. The second-order valence-electron chi connectivity index (χ2n) is 9.52. The second-order valence-corrected chi connectivity index (χ2v) is 9.52. The smallest absolute Gasteiger partial charge is 0.258 e. The van der Waals surface area contributed by atoms with E-state index in [9.17, 15) is 4.79 Å². The van der Waals surface area contributed by atoms with Gasteiger partial charge in [-0.1, -0.05) is 63.2 Å². The van der Waals surface area contributed by atoms with Gasteiger partial charge in [0.2, 0.25) is 0 Å². The van der Waals surface area contributed by atoms with E-state index in [4.69, 9.17) is 14.5 Å². The fourth-order valence-electron chi connectivity index (χ4n) is 3.87. The summed E-state index contributed by atoms with van der Waals surface area (Å²) in [5, 5.41) is 2.93.